The van der Waals surface area contributed by atoms with Gasteiger partial charge < -0.3 is 24.4 Å². The number of aromatic nitrogens is 2. The maximum atomic E-state index is 5.79. The molecule has 3 heterocycles. The average Bonchev–Trinajstić information content (AvgIpc) is 3.11. The van der Waals surface area contributed by atoms with Gasteiger partial charge in [0.1, 0.15) is 23.7 Å². The maximum absolute atomic E-state index is 5.79. The topological polar surface area (TPSA) is 68.7 Å². The van der Waals surface area contributed by atoms with Gasteiger partial charge in [0, 0.05) is 32.0 Å². The van der Waals surface area contributed by atoms with Crippen molar-refractivity contribution < 1.29 is 14.2 Å². The predicted octanol–water partition coefficient (Wildman–Crippen LogP) is 2.57. The third-order valence-electron chi connectivity index (χ3n) is 4.69. The van der Waals surface area contributed by atoms with Crippen LogP contribution in [0.15, 0.2) is 36.7 Å². The van der Waals surface area contributed by atoms with Crippen molar-refractivity contribution in [3.63, 3.8) is 0 Å². The summed E-state index contributed by atoms with van der Waals surface area (Å²) in [5.74, 6) is 2.05. The summed E-state index contributed by atoms with van der Waals surface area (Å²) in [6, 6.07) is 9.72. The monoisotopic (exact) mass is 342 g/mol. The van der Waals surface area contributed by atoms with Gasteiger partial charge in [-0.2, -0.15) is 0 Å². The van der Waals surface area contributed by atoms with Crippen LogP contribution < -0.4 is 15.0 Å². The molecule has 1 N–H and O–H groups in total. The molecule has 132 valence electrons. The van der Waals surface area contributed by atoms with Gasteiger partial charge in [-0.05, 0) is 12.1 Å². The second kappa shape index (κ2) is 6.85. The fraction of sp³-hybridized carbons (Fsp3) is 0.444. The Morgan fingerprint density at radius 2 is 1.88 bits per heavy atom. The number of nitrogens with one attached hydrogen (secondary N) is 1. The van der Waals surface area contributed by atoms with E-state index in [1.54, 1.807) is 13.4 Å². The summed E-state index contributed by atoms with van der Waals surface area (Å²) in [6.45, 7) is 3.09. The first-order valence-electron chi connectivity index (χ1n) is 8.53. The van der Waals surface area contributed by atoms with Crippen molar-refractivity contribution in [2.45, 2.75) is 18.6 Å². The highest BCUT2D eigenvalue weighted by Gasteiger charge is 2.40. The normalized spacial score (nSPS) is 19.2. The molecule has 2 aliphatic rings. The van der Waals surface area contributed by atoms with E-state index in [9.17, 15) is 0 Å². The number of methoxy groups -OCH3 is 1. The molecule has 2 aromatic rings. The molecule has 0 aliphatic carbocycles. The fourth-order valence-corrected chi connectivity index (χ4v) is 3.34. The minimum Gasteiger partial charge on any atom is -0.495 e. The first kappa shape index (κ1) is 16.1. The van der Waals surface area contributed by atoms with Gasteiger partial charge >= 0.3 is 0 Å². The van der Waals surface area contributed by atoms with E-state index >= 15 is 0 Å². The van der Waals surface area contributed by atoms with Crippen molar-refractivity contribution in [2.24, 2.45) is 0 Å². The average molecular weight is 342 g/mol. The molecule has 7 nitrogen and oxygen atoms in total. The Labute approximate surface area is 146 Å². The smallest absolute Gasteiger partial charge is 0.171 e. The predicted molar refractivity (Wildman–Crippen MR) is 94.4 cm³/mol. The summed E-state index contributed by atoms with van der Waals surface area (Å²) in [6.07, 6.45) is 3.29. The molecule has 2 saturated heterocycles. The van der Waals surface area contributed by atoms with Crippen molar-refractivity contribution in [2.75, 3.05) is 43.6 Å². The number of hydrogen-bond donors (Lipinski definition) is 1. The van der Waals surface area contributed by atoms with Crippen molar-refractivity contribution >= 4 is 17.3 Å². The molecule has 0 radical (unpaired) electrons. The zero-order valence-corrected chi connectivity index (χ0v) is 14.3. The van der Waals surface area contributed by atoms with E-state index in [0.29, 0.717) is 13.2 Å². The van der Waals surface area contributed by atoms with Crippen molar-refractivity contribution in [3.05, 3.63) is 36.7 Å². The Morgan fingerprint density at radius 3 is 2.64 bits per heavy atom. The van der Waals surface area contributed by atoms with E-state index in [0.717, 1.165) is 49.0 Å². The van der Waals surface area contributed by atoms with Crippen LogP contribution in [0, 0.1) is 0 Å². The van der Waals surface area contributed by atoms with E-state index in [-0.39, 0.29) is 5.79 Å². The Kier molecular flexibility index (Phi) is 4.42. The molecule has 0 unspecified atom stereocenters. The highest BCUT2D eigenvalue weighted by atomic mass is 16.7. The third-order valence-corrected chi connectivity index (χ3v) is 4.69. The summed E-state index contributed by atoms with van der Waals surface area (Å²) >= 11 is 0. The van der Waals surface area contributed by atoms with Gasteiger partial charge in [-0.25, -0.2) is 9.97 Å². The van der Waals surface area contributed by atoms with Gasteiger partial charge in [-0.3, -0.25) is 0 Å². The first-order chi connectivity index (χ1) is 12.3. The molecule has 2 aliphatic heterocycles. The molecular weight excluding hydrogens is 320 g/mol. The van der Waals surface area contributed by atoms with Crippen LogP contribution in [0.3, 0.4) is 0 Å². The minimum atomic E-state index is -0.373. The number of rotatable bonds is 4. The van der Waals surface area contributed by atoms with E-state index in [4.69, 9.17) is 14.2 Å². The molecule has 0 amide bonds. The second-order valence-electron chi connectivity index (χ2n) is 6.18. The van der Waals surface area contributed by atoms with E-state index in [1.807, 2.05) is 30.3 Å². The molecule has 25 heavy (non-hydrogen) atoms. The van der Waals surface area contributed by atoms with Crippen LogP contribution in [0.5, 0.6) is 5.75 Å². The van der Waals surface area contributed by atoms with Gasteiger partial charge in [-0.1, -0.05) is 12.1 Å². The second-order valence-corrected chi connectivity index (χ2v) is 6.18. The Hall–Kier alpha value is -2.38. The van der Waals surface area contributed by atoms with Gasteiger partial charge in [0.15, 0.2) is 5.79 Å². The van der Waals surface area contributed by atoms with Gasteiger partial charge in [0.2, 0.25) is 0 Å². The van der Waals surface area contributed by atoms with Crippen LogP contribution in [0.2, 0.25) is 0 Å². The number of para-hydroxylation sites is 2. The van der Waals surface area contributed by atoms with E-state index in [1.165, 1.54) is 0 Å². The number of anilines is 3. The summed E-state index contributed by atoms with van der Waals surface area (Å²) in [5, 5.41) is 3.30. The number of hydrogen-bond acceptors (Lipinski definition) is 7. The minimum absolute atomic E-state index is 0.373. The van der Waals surface area contributed by atoms with Crippen LogP contribution in [-0.2, 0) is 9.47 Å². The lowest BCUT2D eigenvalue weighted by Crippen LogP contribution is -2.45. The molecule has 2 fully saturated rings. The summed E-state index contributed by atoms with van der Waals surface area (Å²) < 4.78 is 16.9. The summed E-state index contributed by atoms with van der Waals surface area (Å²) in [4.78, 5) is 11.0. The molecule has 0 atom stereocenters. The number of benzene rings is 1. The molecule has 7 heteroatoms. The molecule has 1 aromatic carbocycles. The molecule has 1 spiro atoms. The highest BCUT2D eigenvalue weighted by molar-refractivity contribution is 5.65. The maximum Gasteiger partial charge on any atom is 0.171 e. The van der Waals surface area contributed by atoms with Gasteiger partial charge in [-0.15, -0.1) is 0 Å². The first-order valence-corrected chi connectivity index (χ1v) is 8.53. The lowest BCUT2D eigenvalue weighted by molar-refractivity contribution is -0.169. The largest absolute Gasteiger partial charge is 0.495 e. The number of nitrogens with zero attached hydrogens (tertiary/aromatic N) is 3. The summed E-state index contributed by atoms with van der Waals surface area (Å²) in [7, 11) is 1.66. The standard InChI is InChI=1S/C18H22N4O3/c1-23-15-5-3-2-4-14(15)21-16-12-17(20-13-19-16)22-8-6-18(7-9-22)24-10-11-25-18/h2-5,12-13H,6-11H2,1H3,(H,19,20,21). The third kappa shape index (κ3) is 3.38. The van der Waals surface area contributed by atoms with Gasteiger partial charge in [0.05, 0.1) is 26.0 Å². The van der Waals surface area contributed by atoms with Crippen LogP contribution in [0.1, 0.15) is 12.8 Å². The van der Waals surface area contributed by atoms with Crippen molar-refractivity contribution in [1.29, 1.82) is 0 Å². The SMILES string of the molecule is COc1ccccc1Nc1cc(N2CCC3(CC2)OCCO3)ncn1. The van der Waals surface area contributed by atoms with Crippen molar-refractivity contribution in [3.8, 4) is 5.75 Å². The van der Waals surface area contributed by atoms with Crippen LogP contribution in [0.25, 0.3) is 0 Å². The van der Waals surface area contributed by atoms with Crippen LogP contribution in [-0.4, -0.2) is 49.2 Å². The zero-order valence-electron chi connectivity index (χ0n) is 14.3. The molecule has 0 saturated carbocycles. The number of ether oxygens (including phenoxy) is 3. The van der Waals surface area contributed by atoms with E-state index < -0.39 is 0 Å². The Bertz CT molecular complexity index is 724. The Morgan fingerprint density at radius 1 is 1.12 bits per heavy atom. The number of piperidine rings is 1. The van der Waals surface area contributed by atoms with Gasteiger partial charge in [0.25, 0.3) is 0 Å². The molecular formula is C18H22N4O3. The molecule has 4 rings (SSSR count). The van der Waals surface area contributed by atoms with Crippen LogP contribution >= 0.6 is 0 Å². The zero-order chi connectivity index (χ0) is 17.1. The highest BCUT2D eigenvalue weighted by Crippen LogP contribution is 2.33. The lowest BCUT2D eigenvalue weighted by Gasteiger charge is -2.38. The molecule has 0 bridgehead atoms. The molecule has 1 aromatic heterocycles. The van der Waals surface area contributed by atoms with Crippen LogP contribution in [0.4, 0.5) is 17.3 Å². The quantitative estimate of drug-likeness (QED) is 0.916. The van der Waals surface area contributed by atoms with E-state index in [2.05, 4.69) is 20.2 Å². The summed E-state index contributed by atoms with van der Waals surface area (Å²) in [5.41, 5.74) is 0.875. The van der Waals surface area contributed by atoms with Crippen molar-refractivity contribution in [1.82, 2.24) is 9.97 Å². The Balaban J connectivity index is 1.46. The fourth-order valence-electron chi connectivity index (χ4n) is 3.34. The lowest BCUT2D eigenvalue weighted by atomic mass is 10.0.